The first-order valence-corrected chi connectivity index (χ1v) is 6.27. The summed E-state index contributed by atoms with van der Waals surface area (Å²) in [5.41, 5.74) is 0. The van der Waals surface area contributed by atoms with Gasteiger partial charge in [-0.15, -0.1) is 0 Å². The molecule has 0 bridgehead atoms. The average molecular weight is 240 g/mol. The third-order valence-electron chi connectivity index (χ3n) is 3.63. The van der Waals surface area contributed by atoms with E-state index < -0.39 is 12.0 Å². The maximum Gasteiger partial charge on any atom is 0.326 e. The first-order chi connectivity index (χ1) is 8.00. The van der Waals surface area contributed by atoms with Crippen LogP contribution in [0.15, 0.2) is 0 Å². The van der Waals surface area contributed by atoms with E-state index in [1.807, 2.05) is 4.90 Å². The van der Waals surface area contributed by atoms with Crippen LogP contribution in [-0.2, 0) is 4.79 Å². The number of rotatable bonds is 5. The lowest BCUT2D eigenvalue weighted by Gasteiger charge is -2.30. The Morgan fingerprint density at radius 1 is 1.29 bits per heavy atom. The van der Waals surface area contributed by atoms with Crippen LogP contribution in [0.2, 0.25) is 0 Å². The second kappa shape index (κ2) is 4.55. The molecule has 96 valence electrons. The largest absolute Gasteiger partial charge is 0.480 e. The molecule has 0 aromatic rings. The summed E-state index contributed by atoms with van der Waals surface area (Å²) >= 11 is 0. The van der Waals surface area contributed by atoms with Gasteiger partial charge >= 0.3 is 12.0 Å². The molecule has 1 N–H and O–H groups in total. The van der Waals surface area contributed by atoms with Gasteiger partial charge in [0.05, 0.1) is 0 Å². The molecule has 2 aliphatic rings. The van der Waals surface area contributed by atoms with Crippen molar-refractivity contribution in [2.45, 2.75) is 44.7 Å². The summed E-state index contributed by atoms with van der Waals surface area (Å²) in [4.78, 5) is 26.3. The van der Waals surface area contributed by atoms with E-state index in [1.54, 1.807) is 14.0 Å². The summed E-state index contributed by atoms with van der Waals surface area (Å²) in [6.45, 7) is 2.35. The van der Waals surface area contributed by atoms with Gasteiger partial charge in [-0.25, -0.2) is 9.59 Å². The molecule has 2 saturated carbocycles. The number of carboxylic acid groups (broad SMARTS) is 1. The van der Waals surface area contributed by atoms with Crippen molar-refractivity contribution in [1.29, 1.82) is 0 Å². The molecule has 5 heteroatoms. The monoisotopic (exact) mass is 240 g/mol. The minimum atomic E-state index is -0.956. The maximum atomic E-state index is 12.2. The molecule has 2 fully saturated rings. The molecule has 0 saturated heterocycles. The molecule has 17 heavy (non-hydrogen) atoms. The Kier molecular flexibility index (Phi) is 3.26. The zero-order chi connectivity index (χ0) is 12.6. The Morgan fingerprint density at radius 3 is 2.29 bits per heavy atom. The quantitative estimate of drug-likeness (QED) is 0.789. The molecule has 0 aromatic heterocycles. The van der Waals surface area contributed by atoms with Gasteiger partial charge in [0.25, 0.3) is 0 Å². The second-order valence-electron chi connectivity index (χ2n) is 5.23. The second-order valence-corrected chi connectivity index (χ2v) is 5.23. The molecule has 0 spiro atoms. The fourth-order valence-corrected chi connectivity index (χ4v) is 1.88. The predicted molar refractivity (Wildman–Crippen MR) is 62.7 cm³/mol. The molecular formula is C12H20N2O3. The first kappa shape index (κ1) is 12.2. The molecule has 1 atom stereocenters. The van der Waals surface area contributed by atoms with Gasteiger partial charge in [-0.1, -0.05) is 0 Å². The standard InChI is InChI=1S/C12H20N2O3/c1-8(11(15)16)13(2)12(17)14(10-5-6-10)7-9-3-4-9/h8-10H,3-7H2,1-2H3,(H,15,16). The van der Waals surface area contributed by atoms with Gasteiger partial charge in [-0.05, 0) is 38.5 Å². The number of aliphatic carboxylic acids is 1. The van der Waals surface area contributed by atoms with Crippen LogP contribution in [-0.4, -0.2) is 52.6 Å². The normalized spacial score (nSPS) is 20.8. The van der Waals surface area contributed by atoms with Crippen molar-refractivity contribution >= 4 is 12.0 Å². The van der Waals surface area contributed by atoms with Crippen molar-refractivity contribution in [2.75, 3.05) is 13.6 Å². The highest BCUT2D eigenvalue weighted by atomic mass is 16.4. The summed E-state index contributed by atoms with van der Waals surface area (Å²) < 4.78 is 0. The first-order valence-electron chi connectivity index (χ1n) is 6.27. The van der Waals surface area contributed by atoms with Crippen molar-refractivity contribution in [3.8, 4) is 0 Å². The Bertz CT molecular complexity index is 324. The summed E-state index contributed by atoms with van der Waals surface area (Å²) in [5.74, 6) is -0.309. The molecule has 2 aliphatic carbocycles. The number of carbonyl (C=O) groups excluding carboxylic acids is 1. The van der Waals surface area contributed by atoms with Crippen LogP contribution in [0.5, 0.6) is 0 Å². The minimum absolute atomic E-state index is 0.130. The molecule has 0 radical (unpaired) electrons. The smallest absolute Gasteiger partial charge is 0.326 e. The summed E-state index contributed by atoms with van der Waals surface area (Å²) in [6, 6.07) is -0.538. The van der Waals surface area contributed by atoms with Gasteiger partial charge in [0.15, 0.2) is 0 Å². The highest BCUT2D eigenvalue weighted by Gasteiger charge is 2.39. The SMILES string of the molecule is CC(C(=O)O)N(C)C(=O)N(CC1CC1)C1CC1. The Balaban J connectivity index is 1.96. The van der Waals surface area contributed by atoms with Crippen LogP contribution in [0.1, 0.15) is 32.6 Å². The van der Waals surface area contributed by atoms with Crippen molar-refractivity contribution in [1.82, 2.24) is 9.80 Å². The van der Waals surface area contributed by atoms with Gasteiger partial charge < -0.3 is 14.9 Å². The number of likely N-dealkylation sites (N-methyl/N-ethyl adjacent to an activating group) is 1. The molecule has 2 rings (SSSR count). The van der Waals surface area contributed by atoms with Crippen LogP contribution in [0.25, 0.3) is 0 Å². The van der Waals surface area contributed by atoms with E-state index >= 15 is 0 Å². The molecule has 1 unspecified atom stereocenters. The topological polar surface area (TPSA) is 60.9 Å². The van der Waals surface area contributed by atoms with Crippen molar-refractivity contribution < 1.29 is 14.7 Å². The van der Waals surface area contributed by atoms with Gasteiger partial charge in [0.1, 0.15) is 6.04 Å². The number of carboxylic acids is 1. The molecule has 0 aliphatic heterocycles. The number of hydrogen-bond donors (Lipinski definition) is 1. The van der Waals surface area contributed by atoms with Gasteiger partial charge in [-0.2, -0.15) is 0 Å². The highest BCUT2D eigenvalue weighted by molar-refractivity contribution is 5.82. The van der Waals surface area contributed by atoms with Crippen LogP contribution in [0.4, 0.5) is 4.79 Å². The fourth-order valence-electron chi connectivity index (χ4n) is 1.88. The van der Waals surface area contributed by atoms with E-state index in [0.717, 1.165) is 19.4 Å². The highest BCUT2D eigenvalue weighted by Crippen LogP contribution is 2.35. The molecule has 0 aromatic carbocycles. The van der Waals surface area contributed by atoms with E-state index in [2.05, 4.69) is 0 Å². The van der Waals surface area contributed by atoms with Gasteiger partial charge in [0.2, 0.25) is 0 Å². The van der Waals surface area contributed by atoms with E-state index in [4.69, 9.17) is 5.11 Å². The predicted octanol–water partition coefficient (Wildman–Crippen LogP) is 1.39. The zero-order valence-electron chi connectivity index (χ0n) is 10.4. The van der Waals surface area contributed by atoms with E-state index in [9.17, 15) is 9.59 Å². The molecular weight excluding hydrogens is 220 g/mol. The van der Waals surface area contributed by atoms with Crippen molar-refractivity contribution in [3.63, 3.8) is 0 Å². The van der Waals surface area contributed by atoms with Gasteiger partial charge in [0, 0.05) is 19.6 Å². The van der Waals surface area contributed by atoms with Crippen molar-refractivity contribution in [2.24, 2.45) is 5.92 Å². The average Bonchev–Trinajstić information content (AvgIpc) is 3.14. The Hall–Kier alpha value is -1.26. The maximum absolute atomic E-state index is 12.2. The van der Waals surface area contributed by atoms with E-state index in [1.165, 1.54) is 17.7 Å². The number of amides is 2. The van der Waals surface area contributed by atoms with E-state index in [0.29, 0.717) is 12.0 Å². The lowest BCUT2D eigenvalue weighted by molar-refractivity contribution is -0.141. The number of carbonyl (C=O) groups is 2. The number of hydrogen-bond acceptors (Lipinski definition) is 2. The third kappa shape index (κ3) is 2.90. The lowest BCUT2D eigenvalue weighted by Crippen LogP contribution is -2.49. The number of urea groups is 1. The summed E-state index contributed by atoms with van der Waals surface area (Å²) in [5, 5.41) is 8.92. The molecule has 2 amide bonds. The Morgan fingerprint density at radius 2 is 1.88 bits per heavy atom. The zero-order valence-corrected chi connectivity index (χ0v) is 10.4. The van der Waals surface area contributed by atoms with Crippen LogP contribution in [0, 0.1) is 5.92 Å². The fraction of sp³-hybridized carbons (Fsp3) is 0.833. The van der Waals surface area contributed by atoms with Crippen LogP contribution < -0.4 is 0 Å². The molecule has 0 heterocycles. The van der Waals surface area contributed by atoms with Gasteiger partial charge in [-0.3, -0.25) is 0 Å². The third-order valence-corrected chi connectivity index (χ3v) is 3.63. The van der Waals surface area contributed by atoms with E-state index in [-0.39, 0.29) is 6.03 Å². The Labute approximate surface area is 101 Å². The van der Waals surface area contributed by atoms with Crippen molar-refractivity contribution in [3.05, 3.63) is 0 Å². The molecule has 5 nitrogen and oxygen atoms in total. The van der Waals surface area contributed by atoms with Crippen LogP contribution >= 0.6 is 0 Å². The number of nitrogens with zero attached hydrogens (tertiary/aromatic N) is 2. The lowest BCUT2D eigenvalue weighted by atomic mass is 10.3. The summed E-state index contributed by atoms with van der Waals surface area (Å²) in [7, 11) is 1.57. The van der Waals surface area contributed by atoms with Crippen LogP contribution in [0.3, 0.4) is 0 Å². The summed E-state index contributed by atoms with van der Waals surface area (Å²) in [6.07, 6.45) is 4.53. The minimum Gasteiger partial charge on any atom is -0.480 e.